The van der Waals surface area contributed by atoms with Gasteiger partial charge >= 0.3 is 11.9 Å². The largest absolute Gasteiger partial charge is 0.504 e. The lowest BCUT2D eigenvalue weighted by atomic mass is 9.37. The first-order valence-corrected chi connectivity index (χ1v) is 27.6. The van der Waals surface area contributed by atoms with Crippen LogP contribution in [-0.4, -0.2) is 123 Å². The number of fused-ring (bicyclic) bond motifs is 5. The first kappa shape index (κ1) is 53.0. The van der Waals surface area contributed by atoms with Crippen LogP contribution in [0.5, 0.6) is 11.5 Å². The zero-order chi connectivity index (χ0) is 52.3. The van der Waals surface area contributed by atoms with E-state index in [0.29, 0.717) is 61.3 Å². The summed E-state index contributed by atoms with van der Waals surface area (Å²) < 4.78 is 24.3. The molecule has 19 unspecified atom stereocenters. The highest BCUT2D eigenvalue weighted by molar-refractivity contribution is 5.94. The Bertz CT molecular complexity index is 2520. The summed E-state index contributed by atoms with van der Waals surface area (Å²) in [6, 6.07) is 9.93. The standard InChI is InChI=1S/C60H79NO13/c1-33-6-5-7-39-29-58-20-16-42(34(2)28-58)46(59(58)21-17-43(52(33)39)49(66)30-59)13-15-51(67)72-55-53(68)54-47(61-31-35(3)64)18-22-60(70,74-54)56(55)73-57(69)41(24-37-9-14-48(65)50(26-37)71-4)27-45-40(32-63)12-11-38-10-8-36(19-23-62)25-44(38)45/h8-10,14,16-18,20-22,24-26,33-35,39-40,42-43,45-47,49,52-56,61-66,68,70H,5-7,11-13,15,19,23,27-32H2,1-4H3. The van der Waals surface area contributed by atoms with Gasteiger partial charge in [0.15, 0.2) is 23.7 Å². The molecule has 3 saturated carbocycles. The van der Waals surface area contributed by atoms with Crippen molar-refractivity contribution in [2.24, 2.45) is 58.2 Å². The minimum atomic E-state index is -2.37. The Labute approximate surface area is 435 Å². The molecule has 0 amide bonds. The molecule has 14 heteroatoms. The fraction of sp³-hybridized carbons (Fsp3) is 0.633. The van der Waals surface area contributed by atoms with E-state index in [1.165, 1.54) is 32.1 Å². The van der Waals surface area contributed by atoms with Crippen LogP contribution in [-0.2, 0) is 36.6 Å². The second-order valence-corrected chi connectivity index (χ2v) is 23.8. The number of aliphatic hydroxyl groups is 6. The molecule has 12 rings (SSSR count). The number of methoxy groups -OCH3 is 1. The van der Waals surface area contributed by atoms with E-state index < -0.39 is 60.4 Å². The third-order valence-corrected chi connectivity index (χ3v) is 19.4. The molecule has 402 valence electrons. The number of ether oxygens (including phenoxy) is 4. The highest BCUT2D eigenvalue weighted by Crippen LogP contribution is 2.71. The monoisotopic (exact) mass is 1020 g/mol. The molecule has 2 heterocycles. The number of hydrogen-bond donors (Lipinski definition) is 8. The van der Waals surface area contributed by atoms with Gasteiger partial charge in [-0.25, -0.2) is 4.79 Å². The predicted molar refractivity (Wildman–Crippen MR) is 276 cm³/mol. The topological polar surface area (TPSA) is 225 Å². The van der Waals surface area contributed by atoms with Crippen LogP contribution in [0.1, 0.15) is 113 Å². The average Bonchev–Trinajstić information content (AvgIpc) is 3.37. The van der Waals surface area contributed by atoms with E-state index in [-0.39, 0.29) is 90.1 Å². The van der Waals surface area contributed by atoms with Crippen molar-refractivity contribution in [2.45, 2.75) is 152 Å². The number of nitrogens with one attached hydrogen (secondary N) is 1. The average molecular weight is 1020 g/mol. The van der Waals surface area contributed by atoms with Gasteiger partial charge in [0, 0.05) is 43.1 Å². The Morgan fingerprint density at radius 2 is 1.76 bits per heavy atom. The molecule has 1 saturated heterocycles. The van der Waals surface area contributed by atoms with Crippen molar-refractivity contribution < 1.29 is 64.3 Å². The van der Waals surface area contributed by atoms with E-state index in [0.717, 1.165) is 36.0 Å². The molecule has 19 atom stereocenters. The summed E-state index contributed by atoms with van der Waals surface area (Å²) in [5.41, 5.74) is 3.00. The SMILES string of the molecule is COc1cc(C=C(CC2c3cc(CCO)ccc3CCC2CO)C(=O)OC2C(OC(=O)CCC3C4C=CC5(CC4C)CC4CCCC(C)C4C4C=CC35CC4O)C(O)C3OC2(O)C=CC3NCC(C)O)ccc1O. The van der Waals surface area contributed by atoms with Crippen molar-refractivity contribution in [1.29, 1.82) is 0 Å². The second kappa shape index (κ2) is 21.2. The molecule has 4 fully saturated rings. The normalized spacial score (nSPS) is 40.0. The van der Waals surface area contributed by atoms with Crippen molar-refractivity contribution in [3.05, 3.63) is 101 Å². The number of carbonyl (C=O) groups is 2. The van der Waals surface area contributed by atoms with Gasteiger partial charge in [-0.05, 0) is 158 Å². The number of aryl methyl sites for hydroxylation is 1. The van der Waals surface area contributed by atoms with Gasteiger partial charge in [-0.1, -0.05) is 87.8 Å². The van der Waals surface area contributed by atoms with Crippen LogP contribution in [0.2, 0.25) is 0 Å². The van der Waals surface area contributed by atoms with E-state index >= 15 is 4.79 Å². The molecular weight excluding hydrogens is 943 g/mol. The Morgan fingerprint density at radius 1 is 0.946 bits per heavy atom. The quantitative estimate of drug-likeness (QED) is 0.0532. The fourth-order valence-electron chi connectivity index (χ4n) is 16.0. The van der Waals surface area contributed by atoms with Crippen LogP contribution in [0, 0.1) is 58.2 Å². The van der Waals surface area contributed by atoms with Crippen LogP contribution < -0.4 is 10.1 Å². The highest BCUT2D eigenvalue weighted by Gasteiger charge is 2.66. The lowest BCUT2D eigenvalue weighted by molar-refractivity contribution is -0.333. The molecule has 2 spiro atoms. The Morgan fingerprint density at radius 3 is 2.50 bits per heavy atom. The number of benzene rings is 2. The lowest BCUT2D eigenvalue weighted by Gasteiger charge is -2.67. The molecule has 6 bridgehead atoms. The molecular formula is C60H79NO13. The zero-order valence-corrected chi connectivity index (χ0v) is 43.4. The van der Waals surface area contributed by atoms with E-state index in [2.05, 4.69) is 43.5 Å². The Hall–Kier alpha value is -4.38. The van der Waals surface area contributed by atoms with Gasteiger partial charge in [0.1, 0.15) is 12.2 Å². The number of hydrogen-bond acceptors (Lipinski definition) is 14. The first-order chi connectivity index (χ1) is 35.5. The smallest absolute Gasteiger partial charge is 0.334 e. The number of rotatable bonds is 16. The van der Waals surface area contributed by atoms with Gasteiger partial charge in [-0.2, -0.15) is 0 Å². The van der Waals surface area contributed by atoms with Crippen LogP contribution in [0.15, 0.2) is 78.4 Å². The van der Waals surface area contributed by atoms with Gasteiger partial charge in [-0.15, -0.1) is 0 Å². The van der Waals surface area contributed by atoms with E-state index in [1.54, 1.807) is 31.2 Å². The molecule has 10 aliphatic rings. The molecule has 2 aromatic carbocycles. The molecule has 14 nitrogen and oxygen atoms in total. The lowest BCUT2D eigenvalue weighted by Crippen LogP contribution is -2.71. The number of carbonyl (C=O) groups excluding carboxylic acids is 2. The van der Waals surface area contributed by atoms with Crippen LogP contribution in [0.25, 0.3) is 6.08 Å². The fourth-order valence-corrected chi connectivity index (χ4v) is 16.0. The van der Waals surface area contributed by atoms with Crippen molar-refractivity contribution in [3.8, 4) is 11.5 Å². The third kappa shape index (κ3) is 9.62. The molecule has 2 aliphatic heterocycles. The van der Waals surface area contributed by atoms with Gasteiger partial charge in [0.25, 0.3) is 0 Å². The predicted octanol–water partition coefficient (Wildman–Crippen LogP) is 6.22. The van der Waals surface area contributed by atoms with Crippen LogP contribution in [0.4, 0.5) is 0 Å². The molecule has 8 N–H and O–H groups in total. The van der Waals surface area contributed by atoms with Crippen molar-refractivity contribution >= 4 is 18.0 Å². The summed E-state index contributed by atoms with van der Waals surface area (Å²) in [5.74, 6) is -2.31. The minimum absolute atomic E-state index is 0.0283. The van der Waals surface area contributed by atoms with E-state index in [4.69, 9.17) is 18.9 Å². The molecule has 2 aromatic rings. The number of aliphatic hydroxyl groups excluding tert-OH is 5. The van der Waals surface area contributed by atoms with Crippen molar-refractivity contribution in [2.75, 3.05) is 26.9 Å². The maximum absolute atomic E-state index is 15.1. The first-order valence-electron chi connectivity index (χ1n) is 27.6. The van der Waals surface area contributed by atoms with Gasteiger partial charge in [0.2, 0.25) is 5.79 Å². The summed E-state index contributed by atoms with van der Waals surface area (Å²) in [6.07, 6.45) is 15.3. The van der Waals surface area contributed by atoms with Crippen LogP contribution in [0.3, 0.4) is 0 Å². The summed E-state index contributed by atoms with van der Waals surface area (Å²) >= 11 is 0. The van der Waals surface area contributed by atoms with Gasteiger partial charge in [0.05, 0.1) is 25.4 Å². The van der Waals surface area contributed by atoms with Gasteiger partial charge < -0.3 is 60.0 Å². The maximum atomic E-state index is 15.1. The zero-order valence-electron chi connectivity index (χ0n) is 43.4. The third-order valence-electron chi connectivity index (χ3n) is 19.4. The second-order valence-electron chi connectivity index (χ2n) is 23.8. The Kier molecular flexibility index (Phi) is 15.2. The molecule has 0 aromatic heterocycles. The number of phenols is 1. The summed E-state index contributed by atoms with van der Waals surface area (Å²) in [7, 11) is 1.42. The highest BCUT2D eigenvalue weighted by atomic mass is 16.7. The van der Waals surface area contributed by atoms with Crippen LogP contribution >= 0.6 is 0 Å². The van der Waals surface area contributed by atoms with Crippen molar-refractivity contribution in [3.63, 3.8) is 0 Å². The van der Waals surface area contributed by atoms with Gasteiger partial charge in [-0.3, -0.25) is 4.79 Å². The summed E-state index contributed by atoms with van der Waals surface area (Å²) in [5, 5.41) is 81.4. The van der Waals surface area contributed by atoms with E-state index in [9.17, 15) is 40.5 Å². The Balaban J connectivity index is 0.965. The number of phenolic OH excluding ortho intramolecular Hbond substituents is 1. The minimum Gasteiger partial charge on any atom is -0.504 e. The number of aromatic hydroxyl groups is 1. The number of allylic oxidation sites excluding steroid dienone is 3. The van der Waals surface area contributed by atoms with E-state index in [1.807, 2.05) is 18.2 Å². The molecule has 8 aliphatic carbocycles. The summed E-state index contributed by atoms with van der Waals surface area (Å²) in [4.78, 5) is 29.8. The maximum Gasteiger partial charge on any atom is 0.334 e. The van der Waals surface area contributed by atoms with Crippen molar-refractivity contribution in [1.82, 2.24) is 5.32 Å². The molecule has 74 heavy (non-hydrogen) atoms. The molecule has 0 radical (unpaired) electrons. The summed E-state index contributed by atoms with van der Waals surface area (Å²) in [6.45, 7) is 6.21. The number of esters is 2.